The third kappa shape index (κ3) is 4.25. The highest BCUT2D eigenvalue weighted by molar-refractivity contribution is 5.93. The minimum atomic E-state index is 0.101. The van der Waals surface area contributed by atoms with Crippen LogP contribution < -0.4 is 14.4 Å². The molecule has 2 rings (SSSR count). The fraction of sp³-hybridized carbons (Fsp3) is 0.316. The lowest BCUT2D eigenvalue weighted by molar-refractivity contribution is -0.118. The maximum absolute atomic E-state index is 12.6. The summed E-state index contributed by atoms with van der Waals surface area (Å²) in [4.78, 5) is 14.4. The molecule has 0 aromatic heterocycles. The molecule has 122 valence electrons. The van der Waals surface area contributed by atoms with Gasteiger partial charge in [-0.1, -0.05) is 18.2 Å². The maximum atomic E-state index is 12.6. The molecule has 0 saturated carbocycles. The fourth-order valence-corrected chi connectivity index (χ4v) is 2.56. The van der Waals surface area contributed by atoms with Crippen molar-refractivity contribution in [3.05, 3.63) is 54.1 Å². The highest BCUT2D eigenvalue weighted by atomic mass is 16.5. The van der Waals surface area contributed by atoms with Gasteiger partial charge in [0.1, 0.15) is 11.5 Å². The van der Waals surface area contributed by atoms with Crippen LogP contribution in [0, 0.1) is 0 Å². The number of ether oxygens (including phenoxy) is 2. The van der Waals surface area contributed by atoms with Gasteiger partial charge in [-0.15, -0.1) is 0 Å². The zero-order valence-corrected chi connectivity index (χ0v) is 13.9. The molecule has 0 bridgehead atoms. The lowest BCUT2D eigenvalue weighted by Gasteiger charge is -2.21. The van der Waals surface area contributed by atoms with Gasteiger partial charge >= 0.3 is 0 Å². The lowest BCUT2D eigenvalue weighted by atomic mass is 10.1. The van der Waals surface area contributed by atoms with Crippen molar-refractivity contribution >= 4 is 11.6 Å². The third-order valence-corrected chi connectivity index (χ3v) is 3.78. The van der Waals surface area contributed by atoms with Crippen molar-refractivity contribution in [1.29, 1.82) is 0 Å². The van der Waals surface area contributed by atoms with Crippen molar-refractivity contribution in [2.45, 2.75) is 19.8 Å². The molecule has 0 spiro atoms. The van der Waals surface area contributed by atoms with Crippen LogP contribution in [-0.4, -0.2) is 26.7 Å². The number of carbonyl (C=O) groups excluding carboxylic acids is 1. The maximum Gasteiger partial charge on any atom is 0.227 e. The van der Waals surface area contributed by atoms with Crippen molar-refractivity contribution < 1.29 is 14.3 Å². The molecule has 2 aromatic rings. The first-order valence-corrected chi connectivity index (χ1v) is 7.76. The first kappa shape index (κ1) is 16.9. The summed E-state index contributed by atoms with van der Waals surface area (Å²) in [5.41, 5.74) is 1.90. The Labute approximate surface area is 137 Å². The zero-order chi connectivity index (χ0) is 16.7. The lowest BCUT2D eigenvalue weighted by Crippen LogP contribution is -2.30. The topological polar surface area (TPSA) is 38.8 Å². The van der Waals surface area contributed by atoms with E-state index in [-0.39, 0.29) is 5.91 Å². The van der Waals surface area contributed by atoms with Crippen LogP contribution in [-0.2, 0) is 11.2 Å². The number of carbonyl (C=O) groups is 1. The Balaban J connectivity index is 2.09. The van der Waals surface area contributed by atoms with Gasteiger partial charge in [0.05, 0.1) is 14.2 Å². The number of rotatable bonds is 7. The molecule has 0 aliphatic rings. The van der Waals surface area contributed by atoms with Crippen LogP contribution in [0.5, 0.6) is 11.5 Å². The van der Waals surface area contributed by atoms with Gasteiger partial charge in [0.2, 0.25) is 5.91 Å². The highest BCUT2D eigenvalue weighted by Crippen LogP contribution is 2.25. The van der Waals surface area contributed by atoms with Crippen molar-refractivity contribution in [3.63, 3.8) is 0 Å². The van der Waals surface area contributed by atoms with Crippen LogP contribution in [0.2, 0.25) is 0 Å². The predicted octanol–water partition coefficient (Wildman–Crippen LogP) is 3.69. The SMILES string of the molecule is CCN(C(=O)CCc1cc(OC)ccc1OC)c1ccccc1. The van der Waals surface area contributed by atoms with Gasteiger partial charge < -0.3 is 14.4 Å². The van der Waals surface area contributed by atoms with Crippen LogP contribution in [0.25, 0.3) is 0 Å². The summed E-state index contributed by atoms with van der Waals surface area (Å²) >= 11 is 0. The molecule has 0 saturated heterocycles. The Bertz CT molecular complexity index is 640. The van der Waals surface area contributed by atoms with Gasteiger partial charge in [0.15, 0.2) is 0 Å². The van der Waals surface area contributed by atoms with Crippen molar-refractivity contribution in [2.24, 2.45) is 0 Å². The molecule has 0 fully saturated rings. The first-order chi connectivity index (χ1) is 11.2. The highest BCUT2D eigenvalue weighted by Gasteiger charge is 2.15. The minimum absolute atomic E-state index is 0.101. The van der Waals surface area contributed by atoms with Crippen LogP contribution >= 0.6 is 0 Å². The van der Waals surface area contributed by atoms with Crippen LogP contribution in [0.1, 0.15) is 18.9 Å². The zero-order valence-electron chi connectivity index (χ0n) is 13.9. The molecular formula is C19H23NO3. The van der Waals surface area contributed by atoms with E-state index in [1.807, 2.05) is 55.5 Å². The van der Waals surface area contributed by atoms with E-state index in [9.17, 15) is 4.79 Å². The van der Waals surface area contributed by atoms with Crippen LogP contribution in [0.3, 0.4) is 0 Å². The Morgan fingerprint density at radius 2 is 1.78 bits per heavy atom. The van der Waals surface area contributed by atoms with E-state index in [0.717, 1.165) is 22.7 Å². The molecule has 0 N–H and O–H groups in total. The molecule has 0 aliphatic heterocycles. The molecular weight excluding hydrogens is 290 g/mol. The number of nitrogens with zero attached hydrogens (tertiary/aromatic N) is 1. The molecule has 0 radical (unpaired) electrons. The van der Waals surface area contributed by atoms with Gasteiger partial charge in [-0.2, -0.15) is 0 Å². The van der Waals surface area contributed by atoms with Crippen molar-refractivity contribution in [2.75, 3.05) is 25.7 Å². The number of hydrogen-bond acceptors (Lipinski definition) is 3. The van der Waals surface area contributed by atoms with Gasteiger partial charge in [-0.3, -0.25) is 4.79 Å². The quantitative estimate of drug-likeness (QED) is 0.782. The summed E-state index contributed by atoms with van der Waals surface area (Å²) in [7, 11) is 3.26. The molecule has 2 aromatic carbocycles. The minimum Gasteiger partial charge on any atom is -0.497 e. The number of methoxy groups -OCH3 is 2. The molecule has 0 heterocycles. The summed E-state index contributed by atoms with van der Waals surface area (Å²) in [5, 5.41) is 0. The summed E-state index contributed by atoms with van der Waals surface area (Å²) < 4.78 is 10.6. The molecule has 4 heteroatoms. The van der Waals surface area contributed by atoms with E-state index in [1.54, 1.807) is 19.1 Å². The monoisotopic (exact) mass is 313 g/mol. The molecule has 4 nitrogen and oxygen atoms in total. The van der Waals surface area contributed by atoms with Gasteiger partial charge in [-0.25, -0.2) is 0 Å². The number of amides is 1. The van der Waals surface area contributed by atoms with Gasteiger partial charge in [0, 0.05) is 18.7 Å². The average Bonchev–Trinajstić information content (AvgIpc) is 2.61. The second-order valence-corrected chi connectivity index (χ2v) is 5.15. The Kier molecular flexibility index (Phi) is 6.03. The van der Waals surface area contributed by atoms with E-state index >= 15 is 0 Å². The average molecular weight is 313 g/mol. The van der Waals surface area contributed by atoms with E-state index in [1.165, 1.54) is 0 Å². The van der Waals surface area contributed by atoms with E-state index in [4.69, 9.17) is 9.47 Å². The standard InChI is InChI=1S/C19H23NO3/c1-4-20(16-8-6-5-7-9-16)19(21)13-10-15-14-17(22-2)11-12-18(15)23-3/h5-9,11-12,14H,4,10,13H2,1-3H3. The molecule has 0 unspecified atom stereocenters. The van der Waals surface area contributed by atoms with Crippen LogP contribution in [0.15, 0.2) is 48.5 Å². The second-order valence-electron chi connectivity index (χ2n) is 5.15. The smallest absolute Gasteiger partial charge is 0.227 e. The number of benzene rings is 2. The van der Waals surface area contributed by atoms with E-state index in [2.05, 4.69) is 0 Å². The Morgan fingerprint density at radius 3 is 2.39 bits per heavy atom. The summed E-state index contributed by atoms with van der Waals surface area (Å²) in [6, 6.07) is 15.4. The fourth-order valence-electron chi connectivity index (χ4n) is 2.56. The largest absolute Gasteiger partial charge is 0.497 e. The number of anilines is 1. The molecule has 23 heavy (non-hydrogen) atoms. The Hall–Kier alpha value is -2.49. The number of aryl methyl sites for hydroxylation is 1. The van der Waals surface area contributed by atoms with Crippen LogP contribution in [0.4, 0.5) is 5.69 Å². The van der Waals surface area contributed by atoms with E-state index < -0.39 is 0 Å². The van der Waals surface area contributed by atoms with Gasteiger partial charge in [-0.05, 0) is 49.2 Å². The predicted molar refractivity (Wildman–Crippen MR) is 92.3 cm³/mol. The molecule has 0 atom stereocenters. The summed E-state index contributed by atoms with van der Waals surface area (Å²) in [5.74, 6) is 1.65. The first-order valence-electron chi connectivity index (χ1n) is 7.76. The van der Waals surface area contributed by atoms with Gasteiger partial charge in [0.25, 0.3) is 0 Å². The number of para-hydroxylation sites is 1. The summed E-state index contributed by atoms with van der Waals surface area (Å²) in [6.45, 7) is 2.63. The van der Waals surface area contributed by atoms with Crippen molar-refractivity contribution in [3.8, 4) is 11.5 Å². The molecule has 1 amide bonds. The Morgan fingerprint density at radius 1 is 1.04 bits per heavy atom. The van der Waals surface area contributed by atoms with Crippen molar-refractivity contribution in [1.82, 2.24) is 0 Å². The van der Waals surface area contributed by atoms with E-state index in [0.29, 0.717) is 19.4 Å². The third-order valence-electron chi connectivity index (χ3n) is 3.78. The molecule has 0 aliphatic carbocycles. The normalized spacial score (nSPS) is 10.2. The summed E-state index contributed by atoms with van der Waals surface area (Å²) in [6.07, 6.45) is 1.04. The second kappa shape index (κ2) is 8.22. The number of hydrogen-bond donors (Lipinski definition) is 0.